The van der Waals surface area contributed by atoms with Crippen molar-refractivity contribution in [3.63, 3.8) is 0 Å². The van der Waals surface area contributed by atoms with Crippen LogP contribution in [0.1, 0.15) is 50.5 Å². The van der Waals surface area contributed by atoms with E-state index < -0.39 is 54.4 Å². The van der Waals surface area contributed by atoms with Crippen molar-refractivity contribution >= 4 is 29.8 Å². The Balaban J connectivity index is 2.49. The van der Waals surface area contributed by atoms with Crippen molar-refractivity contribution in [3.8, 4) is 22.9 Å². The van der Waals surface area contributed by atoms with E-state index in [-0.39, 0.29) is 23.8 Å². The van der Waals surface area contributed by atoms with Crippen molar-refractivity contribution in [2.75, 3.05) is 13.7 Å². The third-order valence-corrected chi connectivity index (χ3v) is 5.98. The number of ether oxygens (including phenoxy) is 5. The third kappa shape index (κ3) is 10.1. The molecule has 230 valence electrons. The van der Waals surface area contributed by atoms with Crippen molar-refractivity contribution < 1.29 is 52.8 Å². The fourth-order valence-electron chi connectivity index (χ4n) is 4.12. The van der Waals surface area contributed by atoms with Crippen LogP contribution in [0.2, 0.25) is 0 Å². The Hall–Kier alpha value is -4.96. The summed E-state index contributed by atoms with van der Waals surface area (Å²) in [6, 6.07) is 13.1. The topological polar surface area (TPSA) is 188 Å². The molecule has 1 amide bonds. The Kier molecular flexibility index (Phi) is 12.6. The average Bonchev–Trinajstić information content (AvgIpc) is 2.95. The highest BCUT2D eigenvalue weighted by Gasteiger charge is 2.45. The van der Waals surface area contributed by atoms with Crippen LogP contribution in [0.5, 0.6) is 5.75 Å². The molecule has 13 nitrogen and oxygen atoms in total. The van der Waals surface area contributed by atoms with Crippen LogP contribution in [0.3, 0.4) is 0 Å². The van der Waals surface area contributed by atoms with Crippen LogP contribution in [-0.2, 0) is 38.1 Å². The number of hydrogen-bond donors (Lipinski definition) is 2. The van der Waals surface area contributed by atoms with Crippen molar-refractivity contribution in [2.45, 2.75) is 59.2 Å². The summed E-state index contributed by atoms with van der Waals surface area (Å²) in [7, 11) is 1.50. The molecule has 0 aromatic heterocycles. The lowest BCUT2D eigenvalue weighted by atomic mass is 9.95. The quantitative estimate of drug-likeness (QED) is 0.195. The van der Waals surface area contributed by atoms with Gasteiger partial charge >= 0.3 is 23.9 Å². The van der Waals surface area contributed by atoms with Crippen LogP contribution in [0.4, 0.5) is 0 Å². The largest absolute Gasteiger partial charge is 0.465 e. The maximum atomic E-state index is 12.1. The first-order chi connectivity index (χ1) is 20.3. The fraction of sp³-hybridized carbons (Fsp3) is 0.400. The van der Waals surface area contributed by atoms with E-state index in [4.69, 9.17) is 23.7 Å². The second-order valence-corrected chi connectivity index (χ2v) is 9.49. The van der Waals surface area contributed by atoms with Gasteiger partial charge in [-0.1, -0.05) is 25.1 Å². The van der Waals surface area contributed by atoms with Crippen LogP contribution >= 0.6 is 0 Å². The molecular formula is C30H34N2O11. The van der Waals surface area contributed by atoms with E-state index in [0.717, 1.165) is 20.8 Å². The SMILES string of the molecule is CNC(=O)c1cccc(-c2ccc(OC(O)C(OC(C)=O)C(OC(C)=O)C(OC(C)=O)C(C)COC(C)=O)c(C#N)c2)c1. The lowest BCUT2D eigenvalue weighted by Crippen LogP contribution is -2.54. The second kappa shape index (κ2) is 15.9. The fourth-order valence-corrected chi connectivity index (χ4v) is 4.12. The van der Waals surface area contributed by atoms with Crippen LogP contribution in [0.25, 0.3) is 11.1 Å². The number of esters is 4. The van der Waals surface area contributed by atoms with E-state index in [1.165, 1.54) is 33.0 Å². The van der Waals surface area contributed by atoms with Gasteiger partial charge in [0.15, 0.2) is 6.10 Å². The molecule has 0 aliphatic carbocycles. The smallest absolute Gasteiger partial charge is 0.303 e. The minimum Gasteiger partial charge on any atom is -0.465 e. The first-order valence-electron chi connectivity index (χ1n) is 13.1. The van der Waals surface area contributed by atoms with Gasteiger partial charge in [-0.3, -0.25) is 24.0 Å². The van der Waals surface area contributed by atoms with Gasteiger partial charge in [-0.05, 0) is 35.4 Å². The van der Waals surface area contributed by atoms with Gasteiger partial charge in [0.05, 0.1) is 12.2 Å². The molecule has 0 aliphatic rings. The monoisotopic (exact) mass is 598 g/mol. The van der Waals surface area contributed by atoms with Gasteiger partial charge in [-0.2, -0.15) is 5.26 Å². The van der Waals surface area contributed by atoms with Crippen molar-refractivity contribution in [3.05, 3.63) is 53.6 Å². The first-order valence-corrected chi connectivity index (χ1v) is 13.1. The summed E-state index contributed by atoms with van der Waals surface area (Å²) in [5.41, 5.74) is 1.57. The molecule has 0 saturated carbocycles. The minimum atomic E-state index is -2.04. The molecule has 0 aliphatic heterocycles. The molecule has 5 atom stereocenters. The number of nitrogens with one attached hydrogen (secondary N) is 1. The normalized spacial score (nSPS) is 14.0. The number of nitrogens with zero attached hydrogens (tertiary/aromatic N) is 1. The van der Waals surface area contributed by atoms with Crippen LogP contribution in [0.15, 0.2) is 42.5 Å². The third-order valence-electron chi connectivity index (χ3n) is 5.98. The van der Waals surface area contributed by atoms with E-state index in [2.05, 4.69) is 5.32 Å². The predicted octanol–water partition coefficient (Wildman–Crippen LogP) is 2.28. The summed E-state index contributed by atoms with van der Waals surface area (Å²) < 4.78 is 26.7. The summed E-state index contributed by atoms with van der Waals surface area (Å²) in [6.07, 6.45) is -6.79. The van der Waals surface area contributed by atoms with E-state index >= 15 is 0 Å². The first kappa shape index (κ1) is 34.2. The molecule has 2 aromatic carbocycles. The summed E-state index contributed by atoms with van der Waals surface area (Å²) >= 11 is 0. The molecule has 13 heteroatoms. The van der Waals surface area contributed by atoms with Gasteiger partial charge in [-0.25, -0.2) is 0 Å². The van der Waals surface area contributed by atoms with Crippen LogP contribution < -0.4 is 10.1 Å². The highest BCUT2D eigenvalue weighted by atomic mass is 16.7. The maximum absolute atomic E-state index is 12.1. The molecular weight excluding hydrogens is 564 g/mol. The number of carbonyl (C=O) groups excluding carboxylic acids is 5. The summed E-state index contributed by atoms with van der Waals surface area (Å²) in [5.74, 6) is -4.39. The highest BCUT2D eigenvalue weighted by Crippen LogP contribution is 2.30. The summed E-state index contributed by atoms with van der Waals surface area (Å²) in [5, 5.41) is 23.5. The van der Waals surface area contributed by atoms with E-state index in [9.17, 15) is 34.3 Å². The number of aliphatic hydroxyl groups is 1. The molecule has 0 bridgehead atoms. The summed E-state index contributed by atoms with van der Waals surface area (Å²) in [6.45, 7) is 5.61. The molecule has 2 rings (SSSR count). The van der Waals surface area contributed by atoms with Crippen LogP contribution in [0, 0.1) is 17.2 Å². The van der Waals surface area contributed by atoms with Crippen molar-refractivity contribution in [2.24, 2.45) is 5.92 Å². The average molecular weight is 599 g/mol. The molecule has 2 aromatic rings. The molecule has 0 heterocycles. The van der Waals surface area contributed by atoms with Gasteiger partial charge in [-0.15, -0.1) is 0 Å². The molecule has 5 unspecified atom stereocenters. The molecule has 0 spiro atoms. The van der Waals surface area contributed by atoms with E-state index in [0.29, 0.717) is 16.7 Å². The zero-order valence-electron chi connectivity index (χ0n) is 24.6. The number of aliphatic hydroxyl groups excluding tert-OH is 1. The molecule has 0 radical (unpaired) electrons. The number of amides is 1. The van der Waals surface area contributed by atoms with Gasteiger partial charge in [0, 0.05) is 46.2 Å². The molecule has 43 heavy (non-hydrogen) atoms. The molecule has 2 N–H and O–H groups in total. The Morgan fingerprint density at radius 2 is 1.42 bits per heavy atom. The Morgan fingerprint density at radius 1 is 0.837 bits per heavy atom. The summed E-state index contributed by atoms with van der Waals surface area (Å²) in [4.78, 5) is 59.5. The lowest BCUT2D eigenvalue weighted by Gasteiger charge is -2.36. The lowest BCUT2D eigenvalue weighted by molar-refractivity contribution is -0.216. The van der Waals surface area contributed by atoms with Crippen molar-refractivity contribution in [1.82, 2.24) is 5.32 Å². The number of nitriles is 1. The Labute approximate surface area is 248 Å². The van der Waals surface area contributed by atoms with Crippen LogP contribution in [-0.4, -0.2) is 73.1 Å². The highest BCUT2D eigenvalue weighted by molar-refractivity contribution is 5.95. The number of carbonyl (C=O) groups is 5. The number of hydrogen-bond acceptors (Lipinski definition) is 12. The predicted molar refractivity (Wildman–Crippen MR) is 149 cm³/mol. The number of rotatable bonds is 13. The Bertz CT molecular complexity index is 1380. The van der Waals surface area contributed by atoms with E-state index in [1.54, 1.807) is 30.3 Å². The second-order valence-electron chi connectivity index (χ2n) is 9.49. The van der Waals surface area contributed by atoms with Gasteiger partial charge in [0.2, 0.25) is 12.4 Å². The molecule has 0 fully saturated rings. The number of benzene rings is 2. The van der Waals surface area contributed by atoms with E-state index in [1.807, 2.05) is 6.07 Å². The van der Waals surface area contributed by atoms with Gasteiger partial charge in [0.25, 0.3) is 5.91 Å². The molecule has 0 saturated heterocycles. The van der Waals surface area contributed by atoms with Crippen molar-refractivity contribution in [1.29, 1.82) is 5.26 Å². The minimum absolute atomic E-state index is 0.0210. The van der Waals surface area contributed by atoms with Gasteiger partial charge < -0.3 is 34.1 Å². The standard InChI is InChI=1S/C30H34N2O11/c1-16(15-39-17(2)33)26(40-18(3)34)27(41-19(4)35)28(42-20(5)36)30(38)43-25-11-10-22(13-24(25)14-31)21-8-7-9-23(12-21)29(37)32-6/h7-13,16,26-28,30,38H,15H2,1-6H3,(H,32,37). The zero-order valence-corrected chi connectivity index (χ0v) is 24.6. The maximum Gasteiger partial charge on any atom is 0.303 e. The van der Waals surface area contributed by atoms with Gasteiger partial charge in [0.1, 0.15) is 17.9 Å². The zero-order chi connectivity index (χ0) is 32.3. The Morgan fingerprint density at radius 3 is 1.98 bits per heavy atom.